The van der Waals surface area contributed by atoms with Crippen molar-refractivity contribution in [2.75, 3.05) is 13.7 Å². The summed E-state index contributed by atoms with van der Waals surface area (Å²) in [5.41, 5.74) is 3.29. The van der Waals surface area contributed by atoms with Crippen LogP contribution in [0.15, 0.2) is 84.9 Å². The molecule has 0 aromatic heterocycles. The fourth-order valence-electron chi connectivity index (χ4n) is 4.23. The summed E-state index contributed by atoms with van der Waals surface area (Å²) >= 11 is 0. The number of ether oxygens (including phenoxy) is 4. The molecule has 6 nitrogen and oxygen atoms in total. The Morgan fingerprint density at radius 3 is 2.27 bits per heavy atom. The van der Waals surface area contributed by atoms with Crippen molar-refractivity contribution in [3.8, 4) is 35.1 Å². The first kappa shape index (κ1) is 28.0. The minimum Gasteiger partial charge on any atom is -0.495 e. The Labute approximate surface area is 233 Å². The van der Waals surface area contributed by atoms with Crippen LogP contribution in [0.5, 0.6) is 23.0 Å². The fraction of sp³-hybridized carbons (Fsp3) is 0.212. The largest absolute Gasteiger partial charge is 0.495 e. The third kappa shape index (κ3) is 7.52. The van der Waals surface area contributed by atoms with Gasteiger partial charge in [0, 0.05) is 30.5 Å². The molecule has 4 rings (SSSR count). The summed E-state index contributed by atoms with van der Waals surface area (Å²) in [6.07, 6.45) is 1.05. The van der Waals surface area contributed by atoms with Gasteiger partial charge in [-0.15, -0.1) is 0 Å². The highest BCUT2D eigenvalue weighted by Crippen LogP contribution is 2.32. The first-order valence-electron chi connectivity index (χ1n) is 12.8. The molecule has 0 aliphatic rings. The van der Waals surface area contributed by atoms with Crippen molar-refractivity contribution in [2.24, 2.45) is 0 Å². The van der Waals surface area contributed by atoms with Crippen molar-refractivity contribution in [3.63, 3.8) is 0 Å². The van der Waals surface area contributed by atoms with Crippen molar-refractivity contribution in [1.82, 2.24) is 0 Å². The van der Waals surface area contributed by atoms with Crippen LogP contribution in [0.3, 0.4) is 0 Å². The summed E-state index contributed by atoms with van der Waals surface area (Å²) in [6.45, 7) is 2.35. The normalized spacial score (nSPS) is 11.1. The molecule has 4 aromatic rings. The third-order valence-electron chi connectivity index (χ3n) is 6.20. The van der Waals surface area contributed by atoms with Crippen LogP contribution in [0.1, 0.15) is 34.7 Å². The first-order chi connectivity index (χ1) is 19.5. The first-order valence-corrected chi connectivity index (χ1v) is 12.8. The molecule has 1 unspecified atom stereocenters. The van der Waals surface area contributed by atoms with E-state index in [1.165, 1.54) is 19.2 Å². The Morgan fingerprint density at radius 2 is 1.55 bits per heavy atom. The lowest BCUT2D eigenvalue weighted by atomic mass is 10.1. The molecule has 0 spiro atoms. The van der Waals surface area contributed by atoms with Crippen molar-refractivity contribution in [1.29, 1.82) is 10.5 Å². The summed E-state index contributed by atoms with van der Waals surface area (Å²) in [6, 6.07) is 29.0. The molecule has 0 bridgehead atoms. The standard InChI is InChI=1S/C33H29FN2O4/c1-23(15-24-7-4-3-5-8-24)40-33-19-31(37-2)27(21-36)17-28(33)22-39-32-18-30(12-11-26(32)20-35)38-14-13-25-9-6-10-29(34)16-25/h3-12,16-19,23H,13-15,22H2,1-2H3. The number of rotatable bonds is 12. The molecule has 7 heteroatoms. The number of hydrogen-bond donors (Lipinski definition) is 0. The molecule has 0 fully saturated rings. The van der Waals surface area contributed by atoms with Gasteiger partial charge in [-0.3, -0.25) is 0 Å². The Hall–Kier alpha value is -5.01. The van der Waals surface area contributed by atoms with Crippen LogP contribution < -0.4 is 18.9 Å². The average molecular weight is 537 g/mol. The Morgan fingerprint density at radius 1 is 0.775 bits per heavy atom. The third-order valence-corrected chi connectivity index (χ3v) is 6.20. The number of benzene rings is 4. The fourth-order valence-corrected chi connectivity index (χ4v) is 4.23. The Kier molecular flexibility index (Phi) is 9.58. The van der Waals surface area contributed by atoms with E-state index >= 15 is 0 Å². The maximum Gasteiger partial charge on any atom is 0.141 e. The smallest absolute Gasteiger partial charge is 0.141 e. The molecule has 4 aromatic carbocycles. The van der Waals surface area contributed by atoms with Crippen LogP contribution in [0.4, 0.5) is 4.39 Å². The molecule has 1 atom stereocenters. The molecule has 0 N–H and O–H groups in total. The van der Waals surface area contributed by atoms with Crippen LogP contribution in [-0.4, -0.2) is 19.8 Å². The second-order valence-electron chi connectivity index (χ2n) is 9.18. The van der Waals surface area contributed by atoms with Crippen LogP contribution in [0, 0.1) is 28.5 Å². The van der Waals surface area contributed by atoms with Gasteiger partial charge in [0.2, 0.25) is 0 Å². The van der Waals surface area contributed by atoms with Gasteiger partial charge in [0.1, 0.15) is 47.6 Å². The summed E-state index contributed by atoms with van der Waals surface area (Å²) in [7, 11) is 1.50. The zero-order chi connectivity index (χ0) is 28.3. The summed E-state index contributed by atoms with van der Waals surface area (Å²) in [4.78, 5) is 0. The predicted molar refractivity (Wildman–Crippen MR) is 149 cm³/mol. The van der Waals surface area contributed by atoms with Crippen molar-refractivity contribution < 1.29 is 23.3 Å². The van der Waals surface area contributed by atoms with Crippen molar-refractivity contribution in [2.45, 2.75) is 32.5 Å². The van der Waals surface area contributed by atoms with Gasteiger partial charge in [-0.05, 0) is 48.4 Å². The number of methoxy groups -OCH3 is 1. The average Bonchev–Trinajstić information content (AvgIpc) is 2.96. The minimum absolute atomic E-state index is 0.0491. The number of halogens is 1. The minimum atomic E-state index is -0.289. The van der Waals surface area contributed by atoms with Crippen molar-refractivity contribution >= 4 is 0 Å². The molecule has 0 saturated carbocycles. The number of hydrogen-bond acceptors (Lipinski definition) is 6. The quantitative estimate of drug-likeness (QED) is 0.198. The highest BCUT2D eigenvalue weighted by molar-refractivity contribution is 5.53. The van der Waals surface area contributed by atoms with E-state index in [4.69, 9.17) is 18.9 Å². The van der Waals surface area contributed by atoms with E-state index < -0.39 is 0 Å². The second-order valence-corrected chi connectivity index (χ2v) is 9.18. The number of nitriles is 2. The maximum atomic E-state index is 13.4. The molecule has 0 heterocycles. The molecular weight excluding hydrogens is 507 g/mol. The van der Waals surface area contributed by atoms with E-state index in [0.29, 0.717) is 59.1 Å². The van der Waals surface area contributed by atoms with E-state index in [2.05, 4.69) is 12.1 Å². The highest BCUT2D eigenvalue weighted by Gasteiger charge is 2.16. The van der Waals surface area contributed by atoms with Gasteiger partial charge in [-0.1, -0.05) is 42.5 Å². The molecule has 40 heavy (non-hydrogen) atoms. The van der Waals surface area contributed by atoms with E-state index in [0.717, 1.165) is 11.1 Å². The SMILES string of the molecule is COc1cc(OC(C)Cc2ccccc2)c(COc2cc(OCCc3cccc(F)c3)ccc2C#N)cc1C#N. The van der Waals surface area contributed by atoms with Gasteiger partial charge in [-0.25, -0.2) is 4.39 Å². The van der Waals surface area contributed by atoms with Gasteiger partial charge in [0.25, 0.3) is 0 Å². The van der Waals surface area contributed by atoms with E-state index in [9.17, 15) is 14.9 Å². The van der Waals surface area contributed by atoms with Gasteiger partial charge < -0.3 is 18.9 Å². The Balaban J connectivity index is 1.50. The van der Waals surface area contributed by atoms with Gasteiger partial charge in [0.15, 0.2) is 0 Å². The Bertz CT molecular complexity index is 1530. The zero-order valence-electron chi connectivity index (χ0n) is 22.4. The molecule has 0 radical (unpaired) electrons. The van der Waals surface area contributed by atoms with Crippen LogP contribution in [0.2, 0.25) is 0 Å². The monoisotopic (exact) mass is 536 g/mol. The summed E-state index contributed by atoms with van der Waals surface area (Å²) < 4.78 is 37.0. The van der Waals surface area contributed by atoms with Gasteiger partial charge in [-0.2, -0.15) is 10.5 Å². The van der Waals surface area contributed by atoms with Crippen LogP contribution in [-0.2, 0) is 19.4 Å². The molecule has 0 aliphatic carbocycles. The lowest BCUT2D eigenvalue weighted by molar-refractivity contribution is 0.211. The van der Waals surface area contributed by atoms with Gasteiger partial charge >= 0.3 is 0 Å². The zero-order valence-corrected chi connectivity index (χ0v) is 22.4. The van der Waals surface area contributed by atoms with E-state index in [1.807, 2.05) is 43.3 Å². The lowest BCUT2D eigenvalue weighted by Crippen LogP contribution is -2.16. The predicted octanol–water partition coefficient (Wildman–Crippen LogP) is 6.79. The topological polar surface area (TPSA) is 84.5 Å². The lowest BCUT2D eigenvalue weighted by Gasteiger charge is -2.20. The van der Waals surface area contributed by atoms with E-state index in [1.54, 1.807) is 36.4 Å². The number of nitrogens with zero attached hydrogens (tertiary/aromatic N) is 2. The van der Waals surface area contributed by atoms with Gasteiger partial charge in [0.05, 0.1) is 30.9 Å². The summed E-state index contributed by atoms with van der Waals surface area (Å²) in [5.74, 6) is 1.50. The molecule has 0 aliphatic heterocycles. The molecule has 202 valence electrons. The highest BCUT2D eigenvalue weighted by atomic mass is 19.1. The maximum absolute atomic E-state index is 13.4. The molecule has 0 saturated heterocycles. The molecule has 0 amide bonds. The van der Waals surface area contributed by atoms with Crippen LogP contribution in [0.25, 0.3) is 0 Å². The van der Waals surface area contributed by atoms with Crippen molar-refractivity contribution in [3.05, 3.63) is 119 Å². The van der Waals surface area contributed by atoms with Crippen LogP contribution >= 0.6 is 0 Å². The summed E-state index contributed by atoms with van der Waals surface area (Å²) in [5, 5.41) is 19.3. The second kappa shape index (κ2) is 13.7. The van der Waals surface area contributed by atoms with E-state index in [-0.39, 0.29) is 18.5 Å². The molecular formula is C33H29FN2O4.